The monoisotopic (exact) mass is 382 g/mol. The molecule has 0 saturated heterocycles. The predicted octanol–water partition coefficient (Wildman–Crippen LogP) is 3.42. The van der Waals surface area contributed by atoms with E-state index in [-0.39, 0.29) is 11.6 Å². The molecule has 0 aliphatic rings. The first-order valence-electron chi connectivity index (χ1n) is 8.13. The third-order valence-electron chi connectivity index (χ3n) is 3.41. The van der Waals surface area contributed by atoms with E-state index in [2.05, 4.69) is 25.9 Å². The van der Waals surface area contributed by atoms with E-state index in [4.69, 9.17) is 0 Å². The minimum absolute atomic E-state index is 0.0896. The molecule has 0 bridgehead atoms. The average molecular weight is 382 g/mol. The van der Waals surface area contributed by atoms with Crippen molar-refractivity contribution in [2.75, 3.05) is 43.1 Å². The van der Waals surface area contributed by atoms with E-state index in [1.165, 1.54) is 12.1 Å². The number of likely N-dealkylation sites (N-methyl/N-ethyl adjacent to an activating group) is 1. The van der Waals surface area contributed by atoms with Crippen molar-refractivity contribution in [1.29, 1.82) is 0 Å². The van der Waals surface area contributed by atoms with Crippen LogP contribution in [0.15, 0.2) is 30.3 Å². The number of alkyl halides is 3. The maximum Gasteiger partial charge on any atom is 0.416 e. The van der Waals surface area contributed by atoms with Crippen molar-refractivity contribution in [1.82, 2.24) is 14.9 Å². The van der Waals surface area contributed by atoms with E-state index < -0.39 is 17.8 Å². The summed E-state index contributed by atoms with van der Waals surface area (Å²) in [7, 11) is 3.90. The summed E-state index contributed by atoms with van der Waals surface area (Å²) >= 11 is 0. The van der Waals surface area contributed by atoms with Gasteiger partial charge in [0.1, 0.15) is 5.82 Å². The van der Waals surface area contributed by atoms with Gasteiger partial charge in [-0.15, -0.1) is 0 Å². The van der Waals surface area contributed by atoms with Crippen molar-refractivity contribution in [3.05, 3.63) is 41.6 Å². The standard InChI is InChI=1S/C17H21F3N6O/c1-11-10-14(21-8-9-26(2)3)24-15(22-11)25-16(27)23-13-6-4-12(5-7-13)17(18,19)20/h4-7,10H,8-9H2,1-3H3,(H3,21,22,23,24,25,27). The molecule has 1 heterocycles. The maximum absolute atomic E-state index is 12.6. The maximum atomic E-state index is 12.6. The fourth-order valence-corrected chi connectivity index (χ4v) is 2.13. The van der Waals surface area contributed by atoms with Crippen molar-refractivity contribution in [3.63, 3.8) is 0 Å². The van der Waals surface area contributed by atoms with Gasteiger partial charge in [0.2, 0.25) is 5.95 Å². The molecule has 0 aliphatic carbocycles. The lowest BCUT2D eigenvalue weighted by molar-refractivity contribution is -0.137. The Morgan fingerprint density at radius 1 is 1.11 bits per heavy atom. The van der Waals surface area contributed by atoms with Gasteiger partial charge in [0.15, 0.2) is 0 Å². The lowest BCUT2D eigenvalue weighted by atomic mass is 10.2. The van der Waals surface area contributed by atoms with Crippen LogP contribution in [-0.4, -0.2) is 48.1 Å². The first kappa shape index (κ1) is 20.4. The van der Waals surface area contributed by atoms with E-state index in [0.717, 1.165) is 18.7 Å². The number of anilines is 3. The van der Waals surface area contributed by atoms with Gasteiger partial charge >= 0.3 is 12.2 Å². The van der Waals surface area contributed by atoms with Gasteiger partial charge in [-0.3, -0.25) is 5.32 Å². The minimum Gasteiger partial charge on any atom is -0.369 e. The number of aromatic nitrogens is 2. The first-order valence-corrected chi connectivity index (χ1v) is 8.13. The smallest absolute Gasteiger partial charge is 0.369 e. The summed E-state index contributed by atoms with van der Waals surface area (Å²) < 4.78 is 37.7. The molecule has 0 aliphatic heterocycles. The zero-order chi connectivity index (χ0) is 20.0. The number of carbonyl (C=O) groups is 1. The summed E-state index contributed by atoms with van der Waals surface area (Å²) in [5, 5.41) is 8.04. The van der Waals surface area contributed by atoms with Crippen molar-refractivity contribution < 1.29 is 18.0 Å². The number of nitrogens with one attached hydrogen (secondary N) is 3. The van der Waals surface area contributed by atoms with Crippen LogP contribution < -0.4 is 16.0 Å². The van der Waals surface area contributed by atoms with Crippen LogP contribution in [0.2, 0.25) is 0 Å². The molecule has 10 heteroatoms. The summed E-state index contributed by atoms with van der Waals surface area (Å²) in [6, 6.07) is 5.23. The van der Waals surface area contributed by atoms with Gasteiger partial charge in [0.25, 0.3) is 0 Å². The Bertz CT molecular complexity index is 777. The second-order valence-electron chi connectivity index (χ2n) is 6.10. The molecule has 7 nitrogen and oxygen atoms in total. The molecule has 0 spiro atoms. The molecule has 0 radical (unpaired) electrons. The Hall–Kier alpha value is -2.88. The highest BCUT2D eigenvalue weighted by atomic mass is 19.4. The fraction of sp³-hybridized carbons (Fsp3) is 0.353. The Morgan fingerprint density at radius 3 is 2.37 bits per heavy atom. The molecule has 0 fully saturated rings. The second-order valence-corrected chi connectivity index (χ2v) is 6.10. The lowest BCUT2D eigenvalue weighted by Crippen LogP contribution is -2.23. The van der Waals surface area contributed by atoms with E-state index >= 15 is 0 Å². The van der Waals surface area contributed by atoms with Gasteiger partial charge in [-0.25, -0.2) is 9.78 Å². The third-order valence-corrected chi connectivity index (χ3v) is 3.41. The number of urea groups is 1. The molecule has 2 amide bonds. The van der Waals surface area contributed by atoms with Gasteiger partial charge in [-0.2, -0.15) is 18.2 Å². The Balaban J connectivity index is 1.97. The lowest BCUT2D eigenvalue weighted by Gasteiger charge is -2.12. The largest absolute Gasteiger partial charge is 0.416 e. The predicted molar refractivity (Wildman–Crippen MR) is 97.9 cm³/mol. The Labute approximate surface area is 155 Å². The quantitative estimate of drug-likeness (QED) is 0.713. The van der Waals surface area contributed by atoms with Crippen LogP contribution in [0.3, 0.4) is 0 Å². The Kier molecular flexibility index (Phi) is 6.56. The highest BCUT2D eigenvalue weighted by molar-refractivity contribution is 5.98. The SMILES string of the molecule is Cc1cc(NCCN(C)C)nc(NC(=O)Nc2ccc(C(F)(F)F)cc2)n1. The summed E-state index contributed by atoms with van der Waals surface area (Å²) in [6.07, 6.45) is -4.42. The molecule has 0 atom stereocenters. The average Bonchev–Trinajstić information content (AvgIpc) is 2.53. The molecule has 2 aromatic rings. The number of benzene rings is 1. The van der Waals surface area contributed by atoms with Gasteiger partial charge in [-0.05, 0) is 45.3 Å². The number of rotatable bonds is 6. The third kappa shape index (κ3) is 6.74. The van der Waals surface area contributed by atoms with Crippen LogP contribution in [0.1, 0.15) is 11.3 Å². The zero-order valence-electron chi connectivity index (χ0n) is 15.2. The molecule has 0 unspecified atom stereocenters. The number of halogens is 3. The minimum atomic E-state index is -4.42. The van der Waals surface area contributed by atoms with Crippen LogP contribution in [0.4, 0.5) is 35.4 Å². The number of hydrogen-bond donors (Lipinski definition) is 3. The van der Waals surface area contributed by atoms with Gasteiger partial charge in [-0.1, -0.05) is 0 Å². The van der Waals surface area contributed by atoms with E-state index in [9.17, 15) is 18.0 Å². The van der Waals surface area contributed by atoms with Crippen LogP contribution in [0.5, 0.6) is 0 Å². The number of nitrogens with zero attached hydrogens (tertiary/aromatic N) is 3. The fourth-order valence-electron chi connectivity index (χ4n) is 2.13. The highest BCUT2D eigenvalue weighted by Gasteiger charge is 2.29. The number of aryl methyl sites for hydroxylation is 1. The number of amides is 2. The van der Waals surface area contributed by atoms with Crippen molar-refractivity contribution in [2.45, 2.75) is 13.1 Å². The molecule has 3 N–H and O–H groups in total. The molecule has 0 saturated carbocycles. The molecule has 1 aromatic heterocycles. The molecule has 1 aromatic carbocycles. The number of carbonyl (C=O) groups excluding carboxylic acids is 1. The molecule has 27 heavy (non-hydrogen) atoms. The summed E-state index contributed by atoms with van der Waals surface area (Å²) in [5.74, 6) is 0.654. The van der Waals surface area contributed by atoms with Gasteiger partial charge in [0, 0.05) is 30.5 Å². The summed E-state index contributed by atoms with van der Waals surface area (Å²) in [4.78, 5) is 22.4. The van der Waals surface area contributed by atoms with E-state index in [1.807, 2.05) is 19.0 Å². The van der Waals surface area contributed by atoms with Crippen molar-refractivity contribution >= 4 is 23.5 Å². The second kappa shape index (κ2) is 8.67. The normalized spacial score (nSPS) is 11.4. The van der Waals surface area contributed by atoms with Crippen LogP contribution in [0, 0.1) is 6.92 Å². The molecule has 146 valence electrons. The van der Waals surface area contributed by atoms with Crippen LogP contribution >= 0.6 is 0 Å². The molecular weight excluding hydrogens is 361 g/mol. The van der Waals surface area contributed by atoms with Crippen molar-refractivity contribution in [3.8, 4) is 0 Å². The topological polar surface area (TPSA) is 82.2 Å². The van der Waals surface area contributed by atoms with Gasteiger partial charge in [0.05, 0.1) is 5.56 Å². The summed E-state index contributed by atoms with van der Waals surface area (Å²) in [5.41, 5.74) is 0.0867. The Morgan fingerprint density at radius 2 is 1.78 bits per heavy atom. The van der Waals surface area contributed by atoms with E-state index in [1.54, 1.807) is 13.0 Å². The van der Waals surface area contributed by atoms with Gasteiger partial charge < -0.3 is 15.5 Å². The van der Waals surface area contributed by atoms with E-state index in [0.29, 0.717) is 18.1 Å². The zero-order valence-corrected chi connectivity index (χ0v) is 15.2. The molecular formula is C17H21F3N6O. The number of hydrogen-bond acceptors (Lipinski definition) is 5. The first-order chi connectivity index (χ1) is 12.6. The highest BCUT2D eigenvalue weighted by Crippen LogP contribution is 2.29. The van der Waals surface area contributed by atoms with Crippen LogP contribution in [-0.2, 0) is 6.18 Å². The summed E-state index contributed by atoms with van der Waals surface area (Å²) in [6.45, 7) is 3.23. The van der Waals surface area contributed by atoms with Crippen molar-refractivity contribution in [2.24, 2.45) is 0 Å². The van der Waals surface area contributed by atoms with Crippen LogP contribution in [0.25, 0.3) is 0 Å². The molecule has 2 rings (SSSR count).